The number of benzene rings is 1. The maximum Gasteiger partial charge on any atom is 0.123 e. The van der Waals surface area contributed by atoms with Crippen molar-refractivity contribution in [3.05, 3.63) is 35.6 Å². The number of alkyl halides is 1. The van der Waals surface area contributed by atoms with Gasteiger partial charge in [0.15, 0.2) is 0 Å². The topological polar surface area (TPSA) is 0 Å². The molecule has 21 heavy (non-hydrogen) atoms. The van der Waals surface area contributed by atoms with E-state index in [1.807, 2.05) is 12.1 Å². The molecule has 1 aromatic rings. The maximum atomic E-state index is 12.9. The molecule has 1 fully saturated rings. The van der Waals surface area contributed by atoms with Crippen LogP contribution in [0.5, 0.6) is 0 Å². The van der Waals surface area contributed by atoms with Crippen molar-refractivity contribution >= 4 is 8.80 Å². The molecule has 0 spiro atoms. The summed E-state index contributed by atoms with van der Waals surface area (Å²) in [6.07, 6.45) is 6.33. The third-order valence-corrected chi connectivity index (χ3v) is 8.46. The van der Waals surface area contributed by atoms with Crippen LogP contribution in [0.2, 0.25) is 18.1 Å². The minimum Gasteiger partial charge on any atom is -0.248 e. The zero-order valence-electron chi connectivity index (χ0n) is 13.2. The lowest BCUT2D eigenvalue weighted by atomic mass is 9.94. The molecule has 3 heteroatoms. The normalized spacial score (nSPS) is 24.0. The molecule has 0 saturated carbocycles. The van der Waals surface area contributed by atoms with Gasteiger partial charge in [0.25, 0.3) is 0 Å². The van der Waals surface area contributed by atoms with Crippen LogP contribution in [0.3, 0.4) is 0 Å². The summed E-state index contributed by atoms with van der Waals surface area (Å²) in [4.78, 5) is 0. The molecule has 0 amide bonds. The first kappa shape index (κ1) is 16.7. The van der Waals surface area contributed by atoms with Crippen LogP contribution >= 0.6 is 0 Å². The van der Waals surface area contributed by atoms with Gasteiger partial charge in [-0.3, -0.25) is 0 Å². The Morgan fingerprint density at radius 3 is 2.48 bits per heavy atom. The summed E-state index contributed by atoms with van der Waals surface area (Å²) in [7, 11) is -0.545. The highest BCUT2D eigenvalue weighted by atomic mass is 28.3. The van der Waals surface area contributed by atoms with Crippen LogP contribution in [0.15, 0.2) is 24.3 Å². The molecule has 1 aliphatic heterocycles. The fourth-order valence-electron chi connectivity index (χ4n) is 3.52. The predicted octanol–water partition coefficient (Wildman–Crippen LogP) is 5.53. The Labute approximate surface area is 129 Å². The second-order valence-corrected chi connectivity index (χ2v) is 10.2. The highest BCUT2D eigenvalue weighted by molar-refractivity contribution is 6.58. The molecule has 1 unspecified atom stereocenters. The number of hydrogen-bond donors (Lipinski definition) is 0. The lowest BCUT2D eigenvalue weighted by molar-refractivity contribution is 0.338. The van der Waals surface area contributed by atoms with Gasteiger partial charge in [0.05, 0.1) is 6.17 Å². The van der Waals surface area contributed by atoms with E-state index in [0.717, 1.165) is 25.2 Å². The standard InChI is InChI=1S/C18H28F2Si/c1-15(19)3-2-12-21-13-10-17(11-14-21)5-4-16-6-8-18(20)9-7-16/h6-9,15,17,21H,2-5,10-14H2,1H3/t15?,17-,21-. The van der Waals surface area contributed by atoms with Crippen LogP contribution in [0.1, 0.15) is 44.6 Å². The highest BCUT2D eigenvalue weighted by Crippen LogP contribution is 2.31. The van der Waals surface area contributed by atoms with Gasteiger partial charge in [-0.2, -0.15) is 0 Å². The van der Waals surface area contributed by atoms with Gasteiger partial charge >= 0.3 is 0 Å². The second-order valence-electron chi connectivity index (χ2n) is 6.76. The van der Waals surface area contributed by atoms with Crippen molar-refractivity contribution in [2.75, 3.05) is 0 Å². The molecule has 1 aliphatic rings. The highest BCUT2D eigenvalue weighted by Gasteiger charge is 2.21. The van der Waals surface area contributed by atoms with E-state index in [-0.39, 0.29) is 5.82 Å². The molecule has 1 heterocycles. The van der Waals surface area contributed by atoms with Gasteiger partial charge in [-0.15, -0.1) is 0 Å². The summed E-state index contributed by atoms with van der Waals surface area (Å²) in [6, 6.07) is 11.2. The quantitative estimate of drug-likeness (QED) is 0.581. The summed E-state index contributed by atoms with van der Waals surface area (Å²) in [5.74, 6) is 0.715. The van der Waals surface area contributed by atoms with E-state index < -0.39 is 15.0 Å². The third-order valence-electron chi connectivity index (χ3n) is 4.94. The van der Waals surface area contributed by atoms with Crippen molar-refractivity contribution in [1.29, 1.82) is 0 Å². The number of hydrogen-bond acceptors (Lipinski definition) is 0. The zero-order chi connectivity index (χ0) is 15.1. The SMILES string of the molecule is CC(F)CCC[Si@H]1CC[C@H](CCc2ccc(F)cc2)CC1. The van der Waals surface area contributed by atoms with E-state index in [2.05, 4.69) is 0 Å². The largest absolute Gasteiger partial charge is 0.248 e. The summed E-state index contributed by atoms with van der Waals surface area (Å²) in [5, 5.41) is 0. The molecule has 1 saturated heterocycles. The summed E-state index contributed by atoms with van der Waals surface area (Å²) >= 11 is 0. The van der Waals surface area contributed by atoms with E-state index in [0.29, 0.717) is 0 Å². The van der Waals surface area contributed by atoms with E-state index >= 15 is 0 Å². The van der Waals surface area contributed by atoms with Crippen LogP contribution < -0.4 is 0 Å². The van der Waals surface area contributed by atoms with Gasteiger partial charge in [0, 0.05) is 8.80 Å². The Kier molecular flexibility index (Phi) is 6.88. The molecule has 0 nitrogen and oxygen atoms in total. The van der Waals surface area contributed by atoms with Crippen LogP contribution in [0.4, 0.5) is 8.78 Å². The van der Waals surface area contributed by atoms with E-state index in [9.17, 15) is 8.78 Å². The third kappa shape index (κ3) is 6.29. The van der Waals surface area contributed by atoms with Crippen LogP contribution in [0, 0.1) is 11.7 Å². The molecular formula is C18H28F2Si. The molecule has 0 aromatic heterocycles. The first-order valence-electron chi connectivity index (χ1n) is 8.52. The monoisotopic (exact) mass is 310 g/mol. The van der Waals surface area contributed by atoms with E-state index in [1.165, 1.54) is 43.0 Å². The Hall–Kier alpha value is -0.703. The minimum absolute atomic E-state index is 0.146. The van der Waals surface area contributed by atoms with Gasteiger partial charge < -0.3 is 0 Å². The van der Waals surface area contributed by atoms with Gasteiger partial charge in [0.2, 0.25) is 0 Å². The van der Waals surface area contributed by atoms with Crippen molar-refractivity contribution in [3.63, 3.8) is 0 Å². The van der Waals surface area contributed by atoms with Crippen LogP contribution in [0.25, 0.3) is 0 Å². The van der Waals surface area contributed by atoms with E-state index in [1.54, 1.807) is 19.1 Å². The molecular weight excluding hydrogens is 282 g/mol. The smallest absolute Gasteiger partial charge is 0.123 e. The Bertz CT molecular complexity index is 394. The minimum atomic E-state index is -0.619. The van der Waals surface area contributed by atoms with Gasteiger partial charge in [-0.1, -0.05) is 49.5 Å². The molecule has 0 radical (unpaired) electrons. The van der Waals surface area contributed by atoms with E-state index in [4.69, 9.17) is 0 Å². The lowest BCUT2D eigenvalue weighted by Crippen LogP contribution is -2.21. The predicted molar refractivity (Wildman–Crippen MR) is 88.8 cm³/mol. The Morgan fingerprint density at radius 1 is 1.19 bits per heavy atom. The molecule has 1 atom stereocenters. The van der Waals surface area contributed by atoms with Crippen molar-refractivity contribution in [1.82, 2.24) is 0 Å². The summed E-state index contributed by atoms with van der Waals surface area (Å²) in [5.41, 5.74) is 1.26. The first-order valence-corrected chi connectivity index (χ1v) is 11.0. The second kappa shape index (κ2) is 8.67. The Morgan fingerprint density at radius 2 is 1.86 bits per heavy atom. The van der Waals surface area contributed by atoms with Crippen molar-refractivity contribution in [3.8, 4) is 0 Å². The van der Waals surface area contributed by atoms with Crippen molar-refractivity contribution in [2.24, 2.45) is 5.92 Å². The molecule has 118 valence electrons. The number of halogens is 2. The first-order chi connectivity index (χ1) is 10.1. The van der Waals surface area contributed by atoms with Crippen molar-refractivity contribution < 1.29 is 8.78 Å². The average Bonchev–Trinajstić information content (AvgIpc) is 2.48. The number of rotatable bonds is 7. The molecule has 1 aromatic carbocycles. The average molecular weight is 311 g/mol. The van der Waals surface area contributed by atoms with Gasteiger partial charge in [-0.25, -0.2) is 8.78 Å². The fourth-order valence-corrected chi connectivity index (χ4v) is 7.08. The maximum absolute atomic E-state index is 12.9. The lowest BCUT2D eigenvalue weighted by Gasteiger charge is -2.27. The fraction of sp³-hybridized carbons (Fsp3) is 0.667. The molecule has 0 bridgehead atoms. The van der Waals surface area contributed by atoms with Gasteiger partial charge in [-0.05, 0) is 49.8 Å². The Balaban J connectivity index is 1.61. The molecule has 2 rings (SSSR count). The zero-order valence-corrected chi connectivity index (χ0v) is 14.3. The number of aryl methyl sites for hydroxylation is 1. The molecule has 0 aliphatic carbocycles. The van der Waals surface area contributed by atoms with Crippen molar-refractivity contribution in [2.45, 2.75) is 69.8 Å². The molecule has 0 N–H and O–H groups in total. The summed E-state index contributed by atoms with van der Waals surface area (Å²) in [6.45, 7) is 1.67. The van der Waals surface area contributed by atoms with Crippen LogP contribution in [-0.2, 0) is 6.42 Å². The van der Waals surface area contributed by atoms with Crippen LogP contribution in [-0.4, -0.2) is 15.0 Å². The van der Waals surface area contributed by atoms with Gasteiger partial charge in [0.1, 0.15) is 5.82 Å². The summed E-state index contributed by atoms with van der Waals surface area (Å²) < 4.78 is 25.7.